The first-order valence-electron chi connectivity index (χ1n) is 7.01. The number of non-ortho nitro benzene ring substituents is 1. The van der Waals surface area contributed by atoms with Crippen molar-refractivity contribution in [3.63, 3.8) is 0 Å². The lowest BCUT2D eigenvalue weighted by Gasteiger charge is -2.10. The molecule has 0 bridgehead atoms. The van der Waals surface area contributed by atoms with E-state index in [1.165, 1.54) is 12.1 Å². The molecule has 0 saturated carbocycles. The summed E-state index contributed by atoms with van der Waals surface area (Å²) in [4.78, 5) is 10.5. The number of methoxy groups -OCH3 is 1. The number of nitrogens with zero attached hydrogens (tertiary/aromatic N) is 1. The van der Waals surface area contributed by atoms with Crippen LogP contribution in [-0.2, 0) is 9.47 Å². The van der Waals surface area contributed by atoms with Gasteiger partial charge in [-0.1, -0.05) is 6.92 Å². The fourth-order valence-corrected chi connectivity index (χ4v) is 1.70. The second-order valence-electron chi connectivity index (χ2n) is 4.48. The highest BCUT2D eigenvalue weighted by atomic mass is 16.6. The topological polar surface area (TPSA) is 85.7 Å². The lowest BCUT2D eigenvalue weighted by molar-refractivity contribution is -0.384. The third-order valence-corrected chi connectivity index (χ3v) is 2.72. The van der Waals surface area contributed by atoms with Gasteiger partial charge in [0.25, 0.3) is 5.69 Å². The van der Waals surface area contributed by atoms with Gasteiger partial charge < -0.3 is 20.1 Å². The first-order chi connectivity index (χ1) is 10.2. The third kappa shape index (κ3) is 6.92. The SMILES string of the molecule is CCCNc1cc(NCCOCCOC)cc([N+](=O)[O-])c1. The lowest BCUT2D eigenvalue weighted by atomic mass is 10.2. The van der Waals surface area contributed by atoms with E-state index in [4.69, 9.17) is 9.47 Å². The fourth-order valence-electron chi connectivity index (χ4n) is 1.70. The van der Waals surface area contributed by atoms with Crippen molar-refractivity contribution in [2.75, 3.05) is 50.7 Å². The quantitative estimate of drug-likeness (QED) is 0.371. The summed E-state index contributed by atoms with van der Waals surface area (Å²) in [7, 11) is 1.62. The molecule has 21 heavy (non-hydrogen) atoms. The number of nitrogens with one attached hydrogen (secondary N) is 2. The normalized spacial score (nSPS) is 10.4. The van der Waals surface area contributed by atoms with Crippen LogP contribution in [0.2, 0.25) is 0 Å². The predicted octanol–water partition coefficient (Wildman–Crippen LogP) is 2.49. The molecule has 0 amide bonds. The fraction of sp³-hybridized carbons (Fsp3) is 0.571. The summed E-state index contributed by atoms with van der Waals surface area (Å²) in [5, 5.41) is 17.2. The van der Waals surface area contributed by atoms with Crippen molar-refractivity contribution in [2.45, 2.75) is 13.3 Å². The lowest BCUT2D eigenvalue weighted by Crippen LogP contribution is -2.12. The predicted molar refractivity (Wildman–Crippen MR) is 83.1 cm³/mol. The average Bonchev–Trinajstić information content (AvgIpc) is 2.48. The number of benzene rings is 1. The molecule has 0 atom stereocenters. The zero-order valence-electron chi connectivity index (χ0n) is 12.6. The Bertz CT molecular complexity index is 440. The number of ether oxygens (including phenoxy) is 2. The van der Waals surface area contributed by atoms with E-state index in [1.54, 1.807) is 7.11 Å². The molecule has 0 aliphatic rings. The Morgan fingerprint density at radius 1 is 1.10 bits per heavy atom. The van der Waals surface area contributed by atoms with E-state index in [0.29, 0.717) is 32.1 Å². The van der Waals surface area contributed by atoms with Crippen LogP contribution in [0.15, 0.2) is 18.2 Å². The Morgan fingerprint density at radius 2 is 1.76 bits per heavy atom. The van der Waals surface area contributed by atoms with Crippen molar-refractivity contribution < 1.29 is 14.4 Å². The van der Waals surface area contributed by atoms with Gasteiger partial charge in [-0.3, -0.25) is 10.1 Å². The monoisotopic (exact) mass is 297 g/mol. The number of anilines is 2. The minimum atomic E-state index is -0.391. The molecule has 0 aliphatic heterocycles. The van der Waals surface area contributed by atoms with Gasteiger partial charge in [0.1, 0.15) is 0 Å². The van der Waals surface area contributed by atoms with Crippen LogP contribution < -0.4 is 10.6 Å². The van der Waals surface area contributed by atoms with Crippen LogP contribution in [-0.4, -0.2) is 44.9 Å². The maximum atomic E-state index is 10.9. The van der Waals surface area contributed by atoms with Crippen LogP contribution in [0.3, 0.4) is 0 Å². The summed E-state index contributed by atoms with van der Waals surface area (Å²) in [5.41, 5.74) is 1.52. The minimum Gasteiger partial charge on any atom is -0.385 e. The first-order valence-corrected chi connectivity index (χ1v) is 7.01. The summed E-state index contributed by atoms with van der Waals surface area (Å²) < 4.78 is 10.2. The van der Waals surface area contributed by atoms with Crippen molar-refractivity contribution >= 4 is 17.1 Å². The summed E-state index contributed by atoms with van der Waals surface area (Å²) in [5.74, 6) is 0. The van der Waals surface area contributed by atoms with Gasteiger partial charge >= 0.3 is 0 Å². The summed E-state index contributed by atoms with van der Waals surface area (Å²) in [6.07, 6.45) is 0.957. The van der Waals surface area contributed by atoms with E-state index in [1.807, 2.05) is 13.0 Å². The second-order valence-corrected chi connectivity index (χ2v) is 4.48. The molecule has 0 radical (unpaired) electrons. The number of hydrogen-bond donors (Lipinski definition) is 2. The van der Waals surface area contributed by atoms with E-state index in [2.05, 4.69) is 10.6 Å². The molecule has 0 unspecified atom stereocenters. The van der Waals surface area contributed by atoms with Crippen molar-refractivity contribution in [1.29, 1.82) is 0 Å². The van der Waals surface area contributed by atoms with Gasteiger partial charge in [0.2, 0.25) is 0 Å². The summed E-state index contributed by atoms with van der Waals surface area (Å²) in [6.45, 7) is 5.02. The summed E-state index contributed by atoms with van der Waals surface area (Å²) >= 11 is 0. The van der Waals surface area contributed by atoms with Crippen LogP contribution in [0.4, 0.5) is 17.1 Å². The smallest absolute Gasteiger partial charge is 0.273 e. The molecule has 118 valence electrons. The zero-order valence-corrected chi connectivity index (χ0v) is 12.6. The van der Waals surface area contributed by atoms with Gasteiger partial charge in [0.05, 0.1) is 24.7 Å². The molecule has 0 aromatic heterocycles. The van der Waals surface area contributed by atoms with Gasteiger partial charge in [-0.2, -0.15) is 0 Å². The Hall–Kier alpha value is -1.86. The van der Waals surface area contributed by atoms with Crippen LogP contribution in [0, 0.1) is 10.1 Å². The first kappa shape index (κ1) is 17.2. The highest BCUT2D eigenvalue weighted by Crippen LogP contribution is 2.24. The minimum absolute atomic E-state index is 0.0684. The number of hydrogen-bond acceptors (Lipinski definition) is 6. The zero-order chi connectivity index (χ0) is 15.5. The van der Waals surface area contributed by atoms with Gasteiger partial charge in [-0.05, 0) is 12.5 Å². The molecule has 1 rings (SSSR count). The van der Waals surface area contributed by atoms with E-state index in [9.17, 15) is 10.1 Å². The van der Waals surface area contributed by atoms with Gasteiger partial charge in [0.15, 0.2) is 0 Å². The van der Waals surface area contributed by atoms with Crippen molar-refractivity contribution in [2.24, 2.45) is 0 Å². The molecule has 7 nitrogen and oxygen atoms in total. The van der Waals surface area contributed by atoms with Gasteiger partial charge in [-0.25, -0.2) is 0 Å². The van der Waals surface area contributed by atoms with Gasteiger partial charge in [0, 0.05) is 43.7 Å². The average molecular weight is 297 g/mol. The van der Waals surface area contributed by atoms with Crippen LogP contribution in [0.5, 0.6) is 0 Å². The molecule has 0 heterocycles. The number of rotatable bonds is 11. The number of nitro benzene ring substituents is 1. The Morgan fingerprint density at radius 3 is 2.33 bits per heavy atom. The van der Waals surface area contributed by atoms with Crippen molar-refractivity contribution in [3.8, 4) is 0 Å². The van der Waals surface area contributed by atoms with Gasteiger partial charge in [-0.15, -0.1) is 0 Å². The molecular formula is C14H23N3O4. The molecule has 0 fully saturated rings. The molecular weight excluding hydrogens is 274 g/mol. The van der Waals surface area contributed by atoms with Crippen molar-refractivity contribution in [3.05, 3.63) is 28.3 Å². The van der Waals surface area contributed by atoms with E-state index < -0.39 is 4.92 Å². The Kier molecular flexibility index (Phi) is 8.15. The number of nitro groups is 1. The van der Waals surface area contributed by atoms with E-state index >= 15 is 0 Å². The van der Waals surface area contributed by atoms with Crippen molar-refractivity contribution in [1.82, 2.24) is 0 Å². The third-order valence-electron chi connectivity index (χ3n) is 2.72. The highest BCUT2D eigenvalue weighted by molar-refractivity contribution is 5.63. The Labute approximate surface area is 124 Å². The molecule has 0 saturated heterocycles. The Balaban J connectivity index is 2.54. The maximum absolute atomic E-state index is 10.9. The van der Waals surface area contributed by atoms with E-state index in [0.717, 1.165) is 18.7 Å². The van der Waals surface area contributed by atoms with Crippen LogP contribution in [0.1, 0.15) is 13.3 Å². The highest BCUT2D eigenvalue weighted by Gasteiger charge is 2.09. The molecule has 0 spiro atoms. The molecule has 7 heteroatoms. The largest absolute Gasteiger partial charge is 0.385 e. The molecule has 0 aliphatic carbocycles. The van der Waals surface area contributed by atoms with E-state index in [-0.39, 0.29) is 5.69 Å². The standard InChI is InChI=1S/C14H23N3O4/c1-3-4-15-12-9-13(11-14(10-12)17(18)19)16-5-6-21-8-7-20-2/h9-11,15-16H,3-8H2,1-2H3. The van der Waals surface area contributed by atoms with Crippen LogP contribution >= 0.6 is 0 Å². The molecule has 2 N–H and O–H groups in total. The maximum Gasteiger partial charge on any atom is 0.273 e. The second kappa shape index (κ2) is 9.95. The molecule has 1 aromatic rings. The van der Waals surface area contributed by atoms with Crippen LogP contribution in [0.25, 0.3) is 0 Å². The summed E-state index contributed by atoms with van der Waals surface area (Å²) in [6, 6.07) is 4.92. The molecule has 1 aromatic carbocycles.